The van der Waals surface area contributed by atoms with Crippen LogP contribution in [0.5, 0.6) is 0 Å². The van der Waals surface area contributed by atoms with Crippen LogP contribution < -0.4 is 5.32 Å². The molecule has 2 aromatic heterocycles. The van der Waals surface area contributed by atoms with Gasteiger partial charge in [-0.3, -0.25) is 9.59 Å². The molecule has 0 unspecified atom stereocenters. The number of thiophene rings is 2. The van der Waals surface area contributed by atoms with Crippen molar-refractivity contribution >= 4 is 56.2 Å². The van der Waals surface area contributed by atoms with Crippen molar-refractivity contribution in [3.63, 3.8) is 0 Å². The largest absolute Gasteiger partial charge is 0.347 e. The molecule has 27 heavy (non-hydrogen) atoms. The summed E-state index contributed by atoms with van der Waals surface area (Å²) in [6.45, 7) is 3.26. The van der Waals surface area contributed by atoms with Crippen LogP contribution in [0.1, 0.15) is 27.4 Å². The molecule has 2 saturated heterocycles. The number of nitrogens with zero attached hydrogens (tertiary/aromatic N) is 1. The fraction of sp³-hybridized carbons (Fsp3) is 0.300. The molecular formula is C20H17ClN2O2S2. The van der Waals surface area contributed by atoms with Gasteiger partial charge in [0.1, 0.15) is 4.88 Å². The summed E-state index contributed by atoms with van der Waals surface area (Å²) < 4.78 is 1.02. The van der Waals surface area contributed by atoms with Crippen molar-refractivity contribution in [3.8, 4) is 11.1 Å². The summed E-state index contributed by atoms with van der Waals surface area (Å²) >= 11 is 9.73. The minimum Gasteiger partial charge on any atom is -0.347 e. The number of fused-ring (bicyclic) bond motifs is 1. The van der Waals surface area contributed by atoms with Crippen molar-refractivity contribution in [2.75, 3.05) is 13.1 Å². The maximum absolute atomic E-state index is 12.9. The molecule has 0 aliphatic carbocycles. The van der Waals surface area contributed by atoms with E-state index in [0.717, 1.165) is 22.1 Å². The van der Waals surface area contributed by atoms with E-state index in [2.05, 4.69) is 35.8 Å². The number of likely N-dealkylation sites (tertiary alicyclic amines) is 1. The lowest BCUT2D eigenvalue weighted by molar-refractivity contribution is -0.120. The predicted molar refractivity (Wildman–Crippen MR) is 111 cm³/mol. The highest BCUT2D eigenvalue weighted by Gasteiger charge is 2.49. The number of halogens is 1. The molecule has 5 rings (SSSR count). The van der Waals surface area contributed by atoms with Crippen molar-refractivity contribution in [3.05, 3.63) is 44.4 Å². The molecule has 138 valence electrons. The summed E-state index contributed by atoms with van der Waals surface area (Å²) in [6, 6.07) is 8.31. The Morgan fingerprint density at radius 3 is 2.78 bits per heavy atom. The van der Waals surface area contributed by atoms with Gasteiger partial charge in [-0.2, -0.15) is 0 Å². The smallest absolute Gasteiger partial charge is 0.265 e. The third-order valence-corrected chi connectivity index (χ3v) is 7.99. The second kappa shape index (κ2) is 6.06. The first-order chi connectivity index (χ1) is 13.0. The average Bonchev–Trinajstić information content (AvgIpc) is 3.30. The Bertz CT molecular complexity index is 1090. The Hall–Kier alpha value is -1.89. The molecule has 3 aromatic rings. The third-order valence-electron chi connectivity index (χ3n) is 5.50. The summed E-state index contributed by atoms with van der Waals surface area (Å²) in [7, 11) is 0. The van der Waals surface area contributed by atoms with Gasteiger partial charge in [-0.05, 0) is 42.0 Å². The van der Waals surface area contributed by atoms with Crippen LogP contribution >= 0.6 is 34.3 Å². The molecule has 0 radical (unpaired) electrons. The van der Waals surface area contributed by atoms with Crippen LogP contribution in [0.2, 0.25) is 5.02 Å². The lowest BCUT2D eigenvalue weighted by Crippen LogP contribution is -2.68. The minimum atomic E-state index is -0.209. The fourth-order valence-corrected chi connectivity index (χ4v) is 6.28. The second-order valence-corrected chi connectivity index (χ2v) is 9.89. The van der Waals surface area contributed by atoms with Gasteiger partial charge in [-0.15, -0.1) is 22.7 Å². The first-order valence-electron chi connectivity index (χ1n) is 8.83. The normalized spacial score (nSPS) is 18.1. The van der Waals surface area contributed by atoms with Crippen molar-refractivity contribution in [2.45, 2.75) is 25.3 Å². The van der Waals surface area contributed by atoms with Crippen molar-refractivity contribution in [1.82, 2.24) is 10.2 Å². The standard InChI is InChI=1S/C20H17ClN2O2S2/c1-11-13(5-7-26-11)12-2-3-14-15(8-12)27-18(17(14)21)19(25)23-9-20(10-23)6-4-16(24)22-20/h2-3,5,7-8H,4,6,9-10H2,1H3,(H,22,24). The van der Waals surface area contributed by atoms with E-state index in [1.54, 1.807) is 16.2 Å². The molecule has 1 spiro atoms. The lowest BCUT2D eigenvalue weighted by Gasteiger charge is -2.47. The van der Waals surface area contributed by atoms with E-state index >= 15 is 0 Å². The highest BCUT2D eigenvalue weighted by atomic mass is 35.5. The maximum Gasteiger partial charge on any atom is 0.265 e. The van der Waals surface area contributed by atoms with Crippen LogP contribution in [0, 0.1) is 6.92 Å². The number of aryl methyl sites for hydroxylation is 1. The van der Waals surface area contributed by atoms with Gasteiger partial charge in [0.15, 0.2) is 0 Å². The highest BCUT2D eigenvalue weighted by molar-refractivity contribution is 7.21. The molecule has 0 saturated carbocycles. The predicted octanol–water partition coefficient (Wildman–Crippen LogP) is 4.70. The zero-order valence-electron chi connectivity index (χ0n) is 14.7. The summed E-state index contributed by atoms with van der Waals surface area (Å²) in [6.07, 6.45) is 1.36. The van der Waals surface area contributed by atoms with E-state index in [1.165, 1.54) is 21.8 Å². The van der Waals surface area contributed by atoms with Gasteiger partial charge in [0.05, 0.1) is 10.6 Å². The highest BCUT2D eigenvalue weighted by Crippen LogP contribution is 2.41. The lowest BCUT2D eigenvalue weighted by atomic mass is 9.88. The van der Waals surface area contributed by atoms with Crippen molar-refractivity contribution in [2.24, 2.45) is 0 Å². The van der Waals surface area contributed by atoms with E-state index in [1.807, 2.05) is 6.07 Å². The molecule has 4 heterocycles. The first-order valence-corrected chi connectivity index (χ1v) is 10.9. The maximum atomic E-state index is 12.9. The quantitative estimate of drug-likeness (QED) is 0.658. The molecule has 2 fully saturated rings. The Kier molecular flexibility index (Phi) is 3.86. The first kappa shape index (κ1) is 17.2. The molecule has 0 bridgehead atoms. The van der Waals surface area contributed by atoms with Crippen LogP contribution in [0.15, 0.2) is 29.6 Å². The van der Waals surface area contributed by atoms with Crippen molar-refractivity contribution < 1.29 is 9.59 Å². The molecule has 2 amide bonds. The van der Waals surface area contributed by atoms with Crippen molar-refractivity contribution in [1.29, 1.82) is 0 Å². The number of carbonyl (C=O) groups excluding carboxylic acids is 2. The number of nitrogens with one attached hydrogen (secondary N) is 1. The summed E-state index contributed by atoms with van der Waals surface area (Å²) in [4.78, 5) is 28.1. The molecule has 4 nitrogen and oxygen atoms in total. The van der Waals surface area contributed by atoms with E-state index in [4.69, 9.17) is 11.6 Å². The Labute approximate surface area is 169 Å². The fourth-order valence-electron chi connectivity index (χ4n) is 4.04. The molecule has 2 aliphatic rings. The summed E-state index contributed by atoms with van der Waals surface area (Å²) in [5.41, 5.74) is 2.16. The van der Waals surface area contributed by atoms with Gasteiger partial charge in [-0.25, -0.2) is 0 Å². The number of benzene rings is 1. The Balaban J connectivity index is 1.44. The molecule has 2 aliphatic heterocycles. The Morgan fingerprint density at radius 1 is 1.30 bits per heavy atom. The van der Waals surface area contributed by atoms with Gasteiger partial charge in [0, 0.05) is 34.5 Å². The summed E-state index contributed by atoms with van der Waals surface area (Å²) in [5, 5.41) is 6.56. The molecule has 1 aromatic carbocycles. The molecule has 1 N–H and O–H groups in total. The number of amides is 2. The van der Waals surface area contributed by atoms with Gasteiger partial charge < -0.3 is 10.2 Å². The topological polar surface area (TPSA) is 49.4 Å². The van der Waals surface area contributed by atoms with E-state index in [9.17, 15) is 9.59 Å². The van der Waals surface area contributed by atoms with Crippen LogP contribution in [-0.2, 0) is 4.79 Å². The van der Waals surface area contributed by atoms with Crippen LogP contribution in [-0.4, -0.2) is 35.3 Å². The molecule has 0 atom stereocenters. The van der Waals surface area contributed by atoms with E-state index < -0.39 is 0 Å². The third kappa shape index (κ3) is 2.70. The van der Waals surface area contributed by atoms with Gasteiger partial charge in [0.2, 0.25) is 5.91 Å². The van der Waals surface area contributed by atoms with Gasteiger partial charge >= 0.3 is 0 Å². The van der Waals surface area contributed by atoms with E-state index in [-0.39, 0.29) is 17.4 Å². The average molecular weight is 417 g/mol. The zero-order valence-corrected chi connectivity index (χ0v) is 17.1. The molecular weight excluding hydrogens is 400 g/mol. The minimum absolute atomic E-state index is 0.0405. The number of rotatable bonds is 2. The summed E-state index contributed by atoms with van der Waals surface area (Å²) in [5.74, 6) is 0.0412. The number of hydrogen-bond acceptors (Lipinski definition) is 4. The SMILES string of the molecule is Cc1sccc1-c1ccc2c(Cl)c(C(=O)N3CC4(CCC(=O)N4)C3)sc2c1. The van der Waals surface area contributed by atoms with Gasteiger partial charge in [0.25, 0.3) is 5.91 Å². The van der Waals surface area contributed by atoms with Crippen LogP contribution in [0.4, 0.5) is 0 Å². The van der Waals surface area contributed by atoms with Gasteiger partial charge in [-0.1, -0.05) is 23.7 Å². The second-order valence-electron chi connectivity index (χ2n) is 7.34. The molecule has 7 heteroatoms. The number of hydrogen-bond donors (Lipinski definition) is 1. The van der Waals surface area contributed by atoms with Crippen LogP contribution in [0.3, 0.4) is 0 Å². The Morgan fingerprint density at radius 2 is 2.11 bits per heavy atom. The van der Waals surface area contributed by atoms with E-state index in [0.29, 0.717) is 29.4 Å². The monoisotopic (exact) mass is 416 g/mol. The van der Waals surface area contributed by atoms with Crippen LogP contribution in [0.25, 0.3) is 21.2 Å². The zero-order chi connectivity index (χ0) is 18.8. The number of carbonyl (C=O) groups is 2.